The van der Waals surface area contributed by atoms with Gasteiger partial charge in [-0.05, 0) is 56.8 Å². The summed E-state index contributed by atoms with van der Waals surface area (Å²) in [6.07, 6.45) is 3.87. The van der Waals surface area contributed by atoms with Crippen molar-refractivity contribution in [3.63, 3.8) is 0 Å². The summed E-state index contributed by atoms with van der Waals surface area (Å²) in [5.74, 6) is 0. The van der Waals surface area contributed by atoms with Crippen LogP contribution >= 0.6 is 0 Å². The minimum atomic E-state index is 0.216. The zero-order valence-electron chi connectivity index (χ0n) is 12.8. The Balaban J connectivity index is 2.24. The molecule has 4 heteroatoms. The topological polar surface area (TPSA) is 53.6 Å². The molecule has 0 saturated heterocycles. The molecule has 1 unspecified atom stereocenters. The molecule has 0 aliphatic rings. The van der Waals surface area contributed by atoms with Gasteiger partial charge in [0.1, 0.15) is 0 Å². The number of rotatable bonds is 6. The number of aryl methyl sites for hydroxylation is 3. The van der Waals surface area contributed by atoms with Crippen molar-refractivity contribution in [3.8, 4) is 0 Å². The van der Waals surface area contributed by atoms with Gasteiger partial charge in [-0.1, -0.05) is 24.6 Å². The number of benzene rings is 1. The molecule has 0 aliphatic heterocycles. The molecule has 0 spiro atoms. The number of hydrogen-bond acceptors (Lipinski definition) is 3. The molecule has 2 aromatic rings. The average Bonchev–Trinajstić information content (AvgIpc) is 2.91. The lowest BCUT2D eigenvalue weighted by Gasteiger charge is -2.19. The molecule has 0 aliphatic carbocycles. The summed E-state index contributed by atoms with van der Waals surface area (Å²) in [6.45, 7) is 9.69. The maximum absolute atomic E-state index is 4.24. The summed E-state index contributed by atoms with van der Waals surface area (Å²) >= 11 is 0. The highest BCUT2D eigenvalue weighted by Gasteiger charge is 2.16. The standard InChI is InChI=1S/C16H24N4/c1-5-6-17-15(16-10-18-20-19-16)9-14-12(3)7-11(2)8-13(14)4/h7-8,10,15,17H,5-6,9H2,1-4H3,(H,18,19,20). The van der Waals surface area contributed by atoms with E-state index >= 15 is 0 Å². The third kappa shape index (κ3) is 3.45. The molecule has 0 radical (unpaired) electrons. The highest BCUT2D eigenvalue weighted by Crippen LogP contribution is 2.23. The maximum atomic E-state index is 4.24. The Labute approximate surface area is 121 Å². The molecule has 1 aromatic carbocycles. The third-order valence-corrected chi connectivity index (χ3v) is 3.68. The number of nitrogens with one attached hydrogen (secondary N) is 2. The van der Waals surface area contributed by atoms with Crippen molar-refractivity contribution in [2.24, 2.45) is 0 Å². The van der Waals surface area contributed by atoms with E-state index in [1.807, 2.05) is 6.20 Å². The summed E-state index contributed by atoms with van der Waals surface area (Å²) < 4.78 is 0. The first-order valence-electron chi connectivity index (χ1n) is 7.27. The minimum absolute atomic E-state index is 0.216. The van der Waals surface area contributed by atoms with Crippen molar-refractivity contribution < 1.29 is 0 Å². The van der Waals surface area contributed by atoms with Gasteiger partial charge in [0.05, 0.1) is 17.9 Å². The Hall–Kier alpha value is -1.68. The molecule has 0 saturated carbocycles. The van der Waals surface area contributed by atoms with Crippen LogP contribution in [0.25, 0.3) is 0 Å². The van der Waals surface area contributed by atoms with Crippen LogP contribution in [-0.2, 0) is 6.42 Å². The molecule has 0 bridgehead atoms. The summed E-state index contributed by atoms with van der Waals surface area (Å²) in [4.78, 5) is 0. The second-order valence-electron chi connectivity index (χ2n) is 5.48. The van der Waals surface area contributed by atoms with E-state index in [-0.39, 0.29) is 6.04 Å². The molecule has 0 amide bonds. The van der Waals surface area contributed by atoms with Crippen LogP contribution < -0.4 is 5.32 Å². The van der Waals surface area contributed by atoms with Gasteiger partial charge >= 0.3 is 0 Å². The summed E-state index contributed by atoms with van der Waals surface area (Å²) in [5, 5.41) is 14.5. The normalized spacial score (nSPS) is 12.6. The Morgan fingerprint density at radius 3 is 2.45 bits per heavy atom. The largest absolute Gasteiger partial charge is 0.308 e. The molecule has 1 aromatic heterocycles. The zero-order valence-corrected chi connectivity index (χ0v) is 12.8. The number of H-pyrrole nitrogens is 1. The van der Waals surface area contributed by atoms with E-state index in [1.165, 1.54) is 22.3 Å². The van der Waals surface area contributed by atoms with E-state index in [4.69, 9.17) is 0 Å². The molecule has 1 heterocycles. The number of hydrogen-bond donors (Lipinski definition) is 2. The van der Waals surface area contributed by atoms with Gasteiger partial charge in [0.25, 0.3) is 0 Å². The maximum Gasteiger partial charge on any atom is 0.0997 e. The van der Waals surface area contributed by atoms with Crippen LogP contribution in [0.4, 0.5) is 0 Å². The first-order chi connectivity index (χ1) is 9.61. The predicted molar refractivity (Wildman–Crippen MR) is 81.8 cm³/mol. The monoisotopic (exact) mass is 272 g/mol. The highest BCUT2D eigenvalue weighted by atomic mass is 15.3. The van der Waals surface area contributed by atoms with E-state index in [2.05, 4.69) is 60.6 Å². The van der Waals surface area contributed by atoms with E-state index < -0.39 is 0 Å². The van der Waals surface area contributed by atoms with Crippen molar-refractivity contribution >= 4 is 0 Å². The molecule has 108 valence electrons. The van der Waals surface area contributed by atoms with Crippen molar-refractivity contribution in [1.29, 1.82) is 0 Å². The van der Waals surface area contributed by atoms with Gasteiger partial charge in [-0.2, -0.15) is 15.4 Å². The zero-order chi connectivity index (χ0) is 14.5. The van der Waals surface area contributed by atoms with Gasteiger partial charge < -0.3 is 5.32 Å². The Bertz CT molecular complexity index is 523. The summed E-state index contributed by atoms with van der Waals surface area (Å²) in [7, 11) is 0. The Morgan fingerprint density at radius 2 is 1.90 bits per heavy atom. The SMILES string of the molecule is CCCNC(Cc1c(C)cc(C)cc1C)c1cn[nH]n1. The molecule has 1 atom stereocenters. The van der Waals surface area contributed by atoms with Gasteiger partial charge in [-0.15, -0.1) is 0 Å². The highest BCUT2D eigenvalue weighted by molar-refractivity contribution is 5.38. The fraction of sp³-hybridized carbons (Fsp3) is 0.500. The molecular formula is C16H24N4. The number of nitrogens with zero attached hydrogens (tertiary/aromatic N) is 2. The Morgan fingerprint density at radius 1 is 1.20 bits per heavy atom. The molecule has 2 rings (SSSR count). The second kappa shape index (κ2) is 6.66. The molecular weight excluding hydrogens is 248 g/mol. The molecule has 20 heavy (non-hydrogen) atoms. The van der Waals surface area contributed by atoms with E-state index in [1.54, 1.807) is 0 Å². The van der Waals surface area contributed by atoms with Crippen LogP contribution in [0.3, 0.4) is 0 Å². The van der Waals surface area contributed by atoms with Crippen LogP contribution in [0, 0.1) is 20.8 Å². The quantitative estimate of drug-likeness (QED) is 0.850. The van der Waals surface area contributed by atoms with Crippen LogP contribution in [-0.4, -0.2) is 22.0 Å². The fourth-order valence-corrected chi connectivity index (χ4v) is 2.71. The minimum Gasteiger partial charge on any atom is -0.308 e. The van der Waals surface area contributed by atoms with E-state index in [0.29, 0.717) is 0 Å². The van der Waals surface area contributed by atoms with Gasteiger partial charge in [0.2, 0.25) is 0 Å². The lowest BCUT2D eigenvalue weighted by atomic mass is 9.93. The van der Waals surface area contributed by atoms with E-state index in [0.717, 1.165) is 25.1 Å². The number of aromatic amines is 1. The van der Waals surface area contributed by atoms with Crippen molar-refractivity contribution in [1.82, 2.24) is 20.7 Å². The van der Waals surface area contributed by atoms with Crippen molar-refractivity contribution in [2.45, 2.75) is 46.6 Å². The fourth-order valence-electron chi connectivity index (χ4n) is 2.71. The summed E-state index contributed by atoms with van der Waals surface area (Å²) in [5.41, 5.74) is 6.43. The number of aromatic nitrogens is 3. The van der Waals surface area contributed by atoms with Gasteiger partial charge in [-0.25, -0.2) is 0 Å². The van der Waals surface area contributed by atoms with Gasteiger partial charge in [0, 0.05) is 0 Å². The first kappa shape index (κ1) is 14.7. The average molecular weight is 272 g/mol. The molecule has 4 nitrogen and oxygen atoms in total. The van der Waals surface area contributed by atoms with Crippen LogP contribution in [0.1, 0.15) is 47.3 Å². The van der Waals surface area contributed by atoms with Crippen LogP contribution in [0.15, 0.2) is 18.3 Å². The van der Waals surface area contributed by atoms with Crippen LogP contribution in [0.2, 0.25) is 0 Å². The van der Waals surface area contributed by atoms with Gasteiger partial charge in [0.15, 0.2) is 0 Å². The van der Waals surface area contributed by atoms with Crippen molar-refractivity contribution in [3.05, 3.63) is 46.3 Å². The predicted octanol–water partition coefficient (Wildman–Crippen LogP) is 3.01. The third-order valence-electron chi connectivity index (χ3n) is 3.68. The lowest BCUT2D eigenvalue weighted by Crippen LogP contribution is -2.25. The van der Waals surface area contributed by atoms with Gasteiger partial charge in [-0.3, -0.25) is 0 Å². The summed E-state index contributed by atoms with van der Waals surface area (Å²) in [6, 6.07) is 4.72. The smallest absolute Gasteiger partial charge is 0.0997 e. The lowest BCUT2D eigenvalue weighted by molar-refractivity contribution is 0.515. The van der Waals surface area contributed by atoms with Crippen LogP contribution in [0.5, 0.6) is 0 Å². The second-order valence-corrected chi connectivity index (χ2v) is 5.48. The Kier molecular flexibility index (Phi) is 4.90. The molecule has 0 fully saturated rings. The van der Waals surface area contributed by atoms with Crippen molar-refractivity contribution in [2.75, 3.05) is 6.54 Å². The van der Waals surface area contributed by atoms with E-state index in [9.17, 15) is 0 Å². The first-order valence-corrected chi connectivity index (χ1v) is 7.27. The molecule has 2 N–H and O–H groups in total.